The Morgan fingerprint density at radius 3 is 2.42 bits per heavy atom. The predicted octanol–water partition coefficient (Wildman–Crippen LogP) is 5.58. The molecule has 0 amide bonds. The summed E-state index contributed by atoms with van der Waals surface area (Å²) in [7, 11) is 0. The van der Waals surface area contributed by atoms with E-state index in [1.54, 1.807) is 11.5 Å². The van der Waals surface area contributed by atoms with E-state index in [-0.39, 0.29) is 6.61 Å². The molecule has 0 aliphatic heterocycles. The summed E-state index contributed by atoms with van der Waals surface area (Å²) in [6.45, 7) is 2.03. The third kappa shape index (κ3) is 4.03. The first-order chi connectivity index (χ1) is 12.7. The van der Waals surface area contributed by atoms with Crippen LogP contribution in [-0.4, -0.2) is 23.2 Å². The third-order valence-electron chi connectivity index (χ3n) is 3.35. The largest absolute Gasteiger partial charge is 0.462 e. The molecule has 3 rings (SSSR count). The predicted molar refractivity (Wildman–Crippen MR) is 106 cm³/mol. The summed E-state index contributed by atoms with van der Waals surface area (Å²) in [6.07, 6.45) is 0. The topological polar surface area (TPSA) is 56.0 Å². The molecule has 0 radical (unpaired) electrons. The van der Waals surface area contributed by atoms with Crippen LogP contribution < -0.4 is 0 Å². The zero-order valence-corrected chi connectivity index (χ0v) is 15.6. The second-order valence-electron chi connectivity index (χ2n) is 5.07. The first-order valence-electron chi connectivity index (χ1n) is 7.90. The van der Waals surface area contributed by atoms with Gasteiger partial charge in [-0.1, -0.05) is 47.7 Å². The van der Waals surface area contributed by atoms with Gasteiger partial charge < -0.3 is 4.74 Å². The number of hydrogen-bond donors (Lipinski definition) is 0. The first-order valence-corrected chi connectivity index (χ1v) is 9.13. The van der Waals surface area contributed by atoms with Crippen molar-refractivity contribution in [1.29, 1.82) is 0 Å². The normalized spacial score (nSPS) is 10.0. The number of nitrogens with zero attached hydrogens (tertiary/aromatic N) is 3. The van der Waals surface area contributed by atoms with Crippen LogP contribution in [0.15, 0.2) is 70.6 Å². The Bertz CT molecular complexity index is 1020. The molecule has 130 valence electrons. The lowest BCUT2D eigenvalue weighted by Gasteiger charge is -2.05. The summed E-state index contributed by atoms with van der Waals surface area (Å²) in [4.78, 5) is 21.1. The molecule has 0 unspecified atom stereocenters. The van der Waals surface area contributed by atoms with Gasteiger partial charge in [-0.05, 0) is 43.4 Å². The molecule has 0 spiro atoms. The number of benzene rings is 2. The molecule has 0 aliphatic carbocycles. The molecular formula is C19H15N3O2S2. The van der Waals surface area contributed by atoms with Gasteiger partial charge in [-0.15, -0.1) is 0 Å². The van der Waals surface area contributed by atoms with Gasteiger partial charge >= 0.3 is 5.97 Å². The summed E-state index contributed by atoms with van der Waals surface area (Å²) in [5.74, 6) is -0.0946. The molecule has 0 N–H and O–H groups in total. The van der Waals surface area contributed by atoms with Crippen LogP contribution in [0.3, 0.4) is 0 Å². The van der Waals surface area contributed by atoms with E-state index in [0.717, 1.165) is 17.0 Å². The lowest BCUT2D eigenvalue weighted by atomic mass is 10.3. The average molecular weight is 381 g/mol. The van der Waals surface area contributed by atoms with Gasteiger partial charge in [-0.25, -0.2) is 4.79 Å². The van der Waals surface area contributed by atoms with Crippen molar-refractivity contribution in [1.82, 2.24) is 4.57 Å². The van der Waals surface area contributed by atoms with Gasteiger partial charge in [0.1, 0.15) is 6.01 Å². The Labute approximate surface area is 159 Å². The van der Waals surface area contributed by atoms with E-state index in [1.807, 2.05) is 60.7 Å². The summed E-state index contributed by atoms with van der Waals surface area (Å²) in [6, 6.07) is 21.5. The van der Waals surface area contributed by atoms with Crippen molar-refractivity contribution >= 4 is 47.0 Å². The van der Waals surface area contributed by atoms with E-state index < -0.39 is 5.97 Å². The Hall–Kier alpha value is -2.86. The Kier molecular flexibility index (Phi) is 5.86. The van der Waals surface area contributed by atoms with Crippen molar-refractivity contribution in [2.24, 2.45) is 9.98 Å². The van der Waals surface area contributed by atoms with Gasteiger partial charge in [0.15, 0.2) is 14.6 Å². The molecule has 0 atom stereocenters. The number of hydrogen-bond acceptors (Lipinski definition) is 6. The van der Waals surface area contributed by atoms with Crippen molar-refractivity contribution in [2.75, 3.05) is 6.61 Å². The molecule has 0 aliphatic rings. The van der Waals surface area contributed by atoms with Gasteiger partial charge in [0.05, 0.1) is 12.3 Å². The maximum absolute atomic E-state index is 12.3. The number of rotatable bonds is 5. The SMILES string of the molecule is CCOC(=O)c1sc(=S)n(-c2ccccc2)c1N=C=Nc1ccccc1. The summed E-state index contributed by atoms with van der Waals surface area (Å²) in [5, 5.41) is 0. The lowest BCUT2D eigenvalue weighted by molar-refractivity contribution is 0.0532. The monoisotopic (exact) mass is 381 g/mol. The molecule has 0 saturated heterocycles. The molecule has 5 nitrogen and oxygen atoms in total. The number of carbonyl (C=O) groups is 1. The van der Waals surface area contributed by atoms with Crippen LogP contribution in [-0.2, 0) is 4.74 Å². The fraction of sp³-hybridized carbons (Fsp3) is 0.105. The van der Waals surface area contributed by atoms with Gasteiger partial charge in [0, 0.05) is 5.69 Å². The molecule has 0 bridgehead atoms. The van der Waals surface area contributed by atoms with Crippen molar-refractivity contribution < 1.29 is 9.53 Å². The zero-order chi connectivity index (χ0) is 18.4. The second-order valence-corrected chi connectivity index (χ2v) is 6.72. The molecule has 1 heterocycles. The quantitative estimate of drug-likeness (QED) is 0.329. The Balaban J connectivity index is 2.12. The minimum Gasteiger partial charge on any atom is -0.462 e. The summed E-state index contributed by atoms with van der Waals surface area (Å²) in [5.41, 5.74) is 1.53. The molecular weight excluding hydrogens is 366 g/mol. The van der Waals surface area contributed by atoms with Crippen molar-refractivity contribution in [3.05, 3.63) is 69.5 Å². The number of para-hydroxylation sites is 2. The molecule has 7 heteroatoms. The number of aliphatic imine (C=N–C) groups is 2. The molecule has 0 saturated carbocycles. The van der Waals surface area contributed by atoms with Crippen LogP contribution in [0.5, 0.6) is 0 Å². The zero-order valence-electron chi connectivity index (χ0n) is 14.0. The van der Waals surface area contributed by atoms with E-state index >= 15 is 0 Å². The molecule has 3 aromatic rings. The number of aromatic nitrogens is 1. The van der Waals surface area contributed by atoms with Gasteiger partial charge in [-0.2, -0.15) is 9.98 Å². The number of thiazole rings is 1. The molecule has 2 aromatic carbocycles. The summed E-state index contributed by atoms with van der Waals surface area (Å²) >= 11 is 6.60. The molecule has 0 fully saturated rings. The average Bonchev–Trinajstić information content (AvgIpc) is 3.00. The Morgan fingerprint density at radius 1 is 1.12 bits per heavy atom. The smallest absolute Gasteiger partial charge is 0.352 e. The highest BCUT2D eigenvalue weighted by Crippen LogP contribution is 2.31. The standard InChI is InChI=1S/C19H15N3O2S2/c1-2-24-18(23)16-17(21-13-20-14-9-5-3-6-10-14)22(19(25)26-16)15-11-7-4-8-12-15/h3-12H,2H2,1H3. The van der Waals surface area contributed by atoms with E-state index in [1.165, 1.54) is 0 Å². The van der Waals surface area contributed by atoms with E-state index in [0.29, 0.717) is 20.3 Å². The van der Waals surface area contributed by atoms with Crippen LogP contribution in [0.25, 0.3) is 5.69 Å². The highest BCUT2D eigenvalue weighted by atomic mass is 32.1. The van der Waals surface area contributed by atoms with E-state index in [9.17, 15) is 4.79 Å². The number of ether oxygens (including phenoxy) is 1. The minimum absolute atomic E-state index is 0.274. The maximum atomic E-state index is 12.3. The number of carbonyl (C=O) groups excluding carboxylic acids is 1. The van der Waals surface area contributed by atoms with Gasteiger partial charge in [0.2, 0.25) is 0 Å². The maximum Gasteiger partial charge on any atom is 0.352 e. The fourth-order valence-electron chi connectivity index (χ4n) is 2.23. The van der Waals surface area contributed by atoms with E-state index in [2.05, 4.69) is 16.0 Å². The van der Waals surface area contributed by atoms with Gasteiger partial charge in [-0.3, -0.25) is 4.57 Å². The van der Waals surface area contributed by atoms with Crippen molar-refractivity contribution in [2.45, 2.75) is 6.92 Å². The molecule has 1 aromatic heterocycles. The Morgan fingerprint density at radius 2 is 1.77 bits per heavy atom. The summed E-state index contributed by atoms with van der Waals surface area (Å²) < 4.78 is 7.35. The highest BCUT2D eigenvalue weighted by Gasteiger charge is 2.21. The second kappa shape index (κ2) is 8.49. The van der Waals surface area contributed by atoms with Crippen LogP contribution in [0.1, 0.15) is 16.6 Å². The fourth-order valence-corrected chi connectivity index (χ4v) is 3.50. The third-order valence-corrected chi connectivity index (χ3v) is 4.70. The lowest BCUT2D eigenvalue weighted by Crippen LogP contribution is -2.03. The van der Waals surface area contributed by atoms with Crippen molar-refractivity contribution in [3.63, 3.8) is 0 Å². The highest BCUT2D eigenvalue weighted by molar-refractivity contribution is 7.73. The van der Waals surface area contributed by atoms with Crippen LogP contribution >= 0.6 is 23.6 Å². The van der Waals surface area contributed by atoms with E-state index in [4.69, 9.17) is 17.0 Å². The molecule has 26 heavy (non-hydrogen) atoms. The first kappa shape index (κ1) is 17.9. The number of esters is 1. The van der Waals surface area contributed by atoms with Crippen LogP contribution in [0, 0.1) is 3.95 Å². The van der Waals surface area contributed by atoms with Gasteiger partial charge in [0.25, 0.3) is 0 Å². The van der Waals surface area contributed by atoms with Crippen LogP contribution in [0.4, 0.5) is 11.5 Å². The minimum atomic E-state index is -0.460. The van der Waals surface area contributed by atoms with Crippen molar-refractivity contribution in [3.8, 4) is 5.69 Å². The van der Waals surface area contributed by atoms with Crippen LogP contribution in [0.2, 0.25) is 0 Å².